The van der Waals surface area contributed by atoms with Gasteiger partial charge in [-0.1, -0.05) is 67.2 Å². The average Bonchev–Trinajstić information content (AvgIpc) is 3.52. The molecule has 42 heavy (non-hydrogen) atoms. The molecular formula is C28H31Cl2N7O5. The quantitative estimate of drug-likeness (QED) is 0.169. The van der Waals surface area contributed by atoms with E-state index in [-0.39, 0.29) is 55.0 Å². The molecule has 5 rings (SSSR count). The van der Waals surface area contributed by atoms with Crippen LogP contribution in [-0.2, 0) is 19.1 Å². The Labute approximate surface area is 253 Å². The van der Waals surface area contributed by atoms with Crippen molar-refractivity contribution in [3.8, 4) is 0 Å². The number of carbonyl (C=O) groups is 2. The highest BCUT2D eigenvalue weighted by molar-refractivity contribution is 5.85. The monoisotopic (exact) mass is 615 g/mol. The van der Waals surface area contributed by atoms with Gasteiger partial charge >= 0.3 is 11.9 Å². The second-order valence-electron chi connectivity index (χ2n) is 9.59. The summed E-state index contributed by atoms with van der Waals surface area (Å²) in [6.45, 7) is 4.08. The highest BCUT2D eigenvalue weighted by Gasteiger charge is 2.43. The number of carbonyl (C=O) groups excluding carboxylic acids is 2. The maximum atomic E-state index is 13.1. The molecule has 1 fully saturated rings. The summed E-state index contributed by atoms with van der Waals surface area (Å²) in [6.07, 6.45) is 0.951. The van der Waals surface area contributed by atoms with E-state index in [4.69, 9.17) is 26.7 Å². The van der Waals surface area contributed by atoms with Gasteiger partial charge in [0.05, 0.1) is 18.3 Å². The summed E-state index contributed by atoms with van der Waals surface area (Å²) >= 11 is 0. The zero-order chi connectivity index (χ0) is 28.4. The smallest absolute Gasteiger partial charge is 0.327 e. The van der Waals surface area contributed by atoms with Gasteiger partial charge in [0.25, 0.3) is 5.56 Å². The molecule has 2 aromatic heterocycles. The number of H-pyrrole nitrogens is 1. The molecule has 0 saturated heterocycles. The van der Waals surface area contributed by atoms with E-state index in [1.165, 1.54) is 6.33 Å². The van der Waals surface area contributed by atoms with Crippen LogP contribution in [0.5, 0.6) is 0 Å². The molecule has 1 saturated carbocycles. The van der Waals surface area contributed by atoms with Gasteiger partial charge in [0, 0.05) is 6.42 Å². The minimum Gasteiger partial charge on any atom is -0.463 e. The molecule has 0 amide bonds. The summed E-state index contributed by atoms with van der Waals surface area (Å²) in [5.74, 6) is -1.94. The molecule has 1 aliphatic carbocycles. The number of benzene rings is 2. The van der Waals surface area contributed by atoms with Gasteiger partial charge in [-0.3, -0.25) is 9.78 Å². The number of halogens is 2. The van der Waals surface area contributed by atoms with Gasteiger partial charge in [-0.05, 0) is 16.7 Å². The molecule has 5 atom stereocenters. The molecule has 7 N–H and O–H groups in total. The predicted molar refractivity (Wildman–Crippen MR) is 161 cm³/mol. The predicted octanol–water partition coefficient (Wildman–Crippen LogP) is 2.52. The number of nitrogens with zero attached hydrogens (tertiary/aromatic N) is 3. The third-order valence-corrected chi connectivity index (χ3v) is 7.09. The Morgan fingerprint density at radius 2 is 1.57 bits per heavy atom. The van der Waals surface area contributed by atoms with Crippen LogP contribution in [-0.4, -0.2) is 44.2 Å². The van der Waals surface area contributed by atoms with Crippen molar-refractivity contribution in [3.05, 3.63) is 101 Å². The van der Waals surface area contributed by atoms with Crippen molar-refractivity contribution in [3.63, 3.8) is 0 Å². The Morgan fingerprint density at radius 3 is 2.17 bits per heavy atom. The Morgan fingerprint density at radius 1 is 1.00 bits per heavy atom. The first-order valence-electron chi connectivity index (χ1n) is 12.6. The molecule has 0 aliphatic heterocycles. The zero-order valence-corrected chi connectivity index (χ0v) is 23.9. The number of imidazole rings is 1. The molecule has 2 heterocycles. The zero-order valence-electron chi connectivity index (χ0n) is 22.3. The third kappa shape index (κ3) is 6.47. The largest absolute Gasteiger partial charge is 0.463 e. The molecule has 12 nitrogen and oxygen atoms in total. The normalized spacial score (nSPS) is 19.3. The van der Waals surface area contributed by atoms with Gasteiger partial charge in [-0.25, -0.2) is 14.6 Å². The van der Waals surface area contributed by atoms with E-state index in [9.17, 15) is 14.4 Å². The number of rotatable bonds is 8. The van der Waals surface area contributed by atoms with Crippen molar-refractivity contribution in [2.24, 2.45) is 17.4 Å². The Hall–Kier alpha value is -4.23. The number of anilines is 1. The lowest BCUT2D eigenvalue weighted by atomic mass is 10.0. The van der Waals surface area contributed by atoms with E-state index in [1.807, 2.05) is 12.1 Å². The van der Waals surface area contributed by atoms with Gasteiger partial charge < -0.3 is 31.2 Å². The maximum absolute atomic E-state index is 13.1. The average molecular weight is 617 g/mol. The van der Waals surface area contributed by atoms with Crippen LogP contribution in [0.2, 0.25) is 0 Å². The lowest BCUT2D eigenvalue weighted by Crippen LogP contribution is -2.33. The number of nitrogens with two attached hydrogens (primary N) is 3. The van der Waals surface area contributed by atoms with E-state index in [0.29, 0.717) is 16.7 Å². The fraction of sp³-hybridized carbons (Fsp3) is 0.250. The molecule has 222 valence electrons. The minimum absolute atomic E-state index is 0. The highest BCUT2D eigenvalue weighted by Crippen LogP contribution is 2.42. The van der Waals surface area contributed by atoms with Crippen LogP contribution in [0.3, 0.4) is 0 Å². The number of esters is 2. The molecule has 1 aliphatic rings. The van der Waals surface area contributed by atoms with E-state index >= 15 is 0 Å². The summed E-state index contributed by atoms with van der Waals surface area (Å²) in [4.78, 5) is 49.0. The van der Waals surface area contributed by atoms with Crippen LogP contribution in [0.15, 0.2) is 83.9 Å². The van der Waals surface area contributed by atoms with Crippen LogP contribution < -0.4 is 22.8 Å². The van der Waals surface area contributed by atoms with Crippen molar-refractivity contribution < 1.29 is 19.1 Å². The van der Waals surface area contributed by atoms with Crippen molar-refractivity contribution in [2.45, 2.75) is 30.7 Å². The van der Waals surface area contributed by atoms with Crippen molar-refractivity contribution in [2.75, 3.05) is 12.3 Å². The number of nitrogens with one attached hydrogen (secondary N) is 1. The summed E-state index contributed by atoms with van der Waals surface area (Å²) < 4.78 is 13.1. The molecule has 2 unspecified atom stereocenters. The molecule has 0 bridgehead atoms. The molecule has 0 radical (unpaired) electrons. The van der Waals surface area contributed by atoms with Gasteiger partial charge in [0.15, 0.2) is 11.2 Å². The number of nitrogen functional groups attached to an aromatic ring is 1. The lowest BCUT2D eigenvalue weighted by Gasteiger charge is -2.23. The molecule has 0 spiro atoms. The van der Waals surface area contributed by atoms with Crippen LogP contribution in [0.4, 0.5) is 5.95 Å². The first-order chi connectivity index (χ1) is 19.2. The fourth-order valence-electron chi connectivity index (χ4n) is 4.91. The Kier molecular flexibility index (Phi) is 10.5. The second kappa shape index (κ2) is 13.6. The molecular weight excluding hydrogens is 585 g/mol. The number of aromatic nitrogens is 4. The maximum Gasteiger partial charge on any atom is 0.327 e. The van der Waals surface area contributed by atoms with Crippen molar-refractivity contribution in [1.82, 2.24) is 19.5 Å². The standard InChI is InChI=1S/C28H29N7O5.2ClH/c1-15-18(13-39-26(37)21(29)16-8-4-2-5-9-16)20(40-27(38)22(30)17-10-6-3-7-11-17)12-19(15)35-14-32-23-24(35)33-28(31)34-25(23)36;;/h2-11,14,18-22H,1,12-13,29-30H2,(H3,31,33,34,36);2*1H/t18-,19-,20-,21?,22?;;/m0../s1. The van der Waals surface area contributed by atoms with Gasteiger partial charge in [0.1, 0.15) is 24.8 Å². The number of fused-ring (bicyclic) bond motifs is 1. The SMILES string of the molecule is C=C1[C@H](COC(=O)C(N)c2ccccc2)[C@@H](OC(=O)C(N)c2ccccc2)C[C@@H]1n1cnc2c(=O)[nH]c(N)nc21.Cl.Cl. The summed E-state index contributed by atoms with van der Waals surface area (Å²) in [6, 6.07) is 15.2. The van der Waals surface area contributed by atoms with E-state index in [1.54, 1.807) is 53.1 Å². The second-order valence-corrected chi connectivity index (χ2v) is 9.59. The molecule has 2 aromatic carbocycles. The first kappa shape index (κ1) is 32.3. The summed E-state index contributed by atoms with van der Waals surface area (Å²) in [5, 5.41) is 0. The number of aromatic amines is 1. The van der Waals surface area contributed by atoms with Crippen LogP contribution in [0.25, 0.3) is 11.2 Å². The summed E-state index contributed by atoms with van der Waals surface area (Å²) in [7, 11) is 0. The van der Waals surface area contributed by atoms with E-state index < -0.39 is 47.6 Å². The first-order valence-corrected chi connectivity index (χ1v) is 12.6. The van der Waals surface area contributed by atoms with Gasteiger partial charge in [-0.2, -0.15) is 4.98 Å². The van der Waals surface area contributed by atoms with Crippen LogP contribution >= 0.6 is 24.8 Å². The summed E-state index contributed by atoms with van der Waals surface area (Å²) in [5.41, 5.74) is 19.7. The number of hydrogen-bond donors (Lipinski definition) is 4. The fourth-order valence-corrected chi connectivity index (χ4v) is 4.91. The molecule has 14 heteroatoms. The minimum atomic E-state index is -1.02. The van der Waals surface area contributed by atoms with Crippen LogP contribution in [0, 0.1) is 5.92 Å². The van der Waals surface area contributed by atoms with Crippen molar-refractivity contribution in [1.29, 1.82) is 0 Å². The highest BCUT2D eigenvalue weighted by atomic mass is 35.5. The topological polar surface area (TPSA) is 194 Å². The Bertz CT molecular complexity index is 1610. The van der Waals surface area contributed by atoms with E-state index in [2.05, 4.69) is 21.5 Å². The number of hydrogen-bond acceptors (Lipinski definition) is 10. The third-order valence-electron chi connectivity index (χ3n) is 7.09. The Balaban J connectivity index is 0.00000242. The van der Waals surface area contributed by atoms with Gasteiger partial charge in [-0.15, -0.1) is 24.8 Å². The van der Waals surface area contributed by atoms with Crippen molar-refractivity contribution >= 4 is 53.9 Å². The van der Waals surface area contributed by atoms with E-state index in [0.717, 1.165) is 0 Å². The lowest BCUT2D eigenvalue weighted by molar-refractivity contribution is -0.155. The van der Waals surface area contributed by atoms with Crippen LogP contribution in [0.1, 0.15) is 35.7 Å². The van der Waals surface area contributed by atoms with Gasteiger partial charge in [0.2, 0.25) is 5.95 Å². The number of ether oxygens (including phenoxy) is 2. The molecule has 4 aromatic rings.